The number of nitrogens with zero attached hydrogens (tertiary/aromatic N) is 1. The van der Waals surface area contributed by atoms with Crippen LogP contribution in [0.5, 0.6) is 0 Å². The van der Waals surface area contributed by atoms with Crippen LogP contribution < -0.4 is 0 Å². The van der Waals surface area contributed by atoms with Gasteiger partial charge in [0.05, 0.1) is 4.90 Å². The van der Waals surface area contributed by atoms with Crippen molar-refractivity contribution in [3.05, 3.63) is 29.8 Å². The number of hydrogen-bond acceptors (Lipinski definition) is 3. The van der Waals surface area contributed by atoms with E-state index < -0.39 is 34.0 Å². The molecule has 8 heteroatoms. The van der Waals surface area contributed by atoms with Crippen molar-refractivity contribution in [1.29, 1.82) is 0 Å². The van der Waals surface area contributed by atoms with Gasteiger partial charge in [-0.05, 0) is 30.9 Å². The summed E-state index contributed by atoms with van der Waals surface area (Å²) in [6.45, 7) is 0.102. The molecule has 1 N–H and O–H groups in total. The second kappa shape index (κ2) is 5.92. The standard InChI is InChI=1S/C14H17F2NO4S/c1-14(15,16)11-3-2-4-12(7-11)22(20,21)17(9-13(18)19)8-10-5-6-10/h2-4,7,10H,5-6,8-9H2,1H3,(H,18,19). The monoisotopic (exact) mass is 333 g/mol. The Hall–Kier alpha value is -1.54. The first kappa shape index (κ1) is 16.8. The van der Waals surface area contributed by atoms with Crippen LogP contribution in [0.15, 0.2) is 29.2 Å². The smallest absolute Gasteiger partial charge is 0.318 e. The van der Waals surface area contributed by atoms with Crippen LogP contribution in [0.25, 0.3) is 0 Å². The Bertz CT molecular complexity index is 666. The summed E-state index contributed by atoms with van der Waals surface area (Å²) >= 11 is 0. The van der Waals surface area contributed by atoms with Crippen LogP contribution in [0, 0.1) is 5.92 Å². The van der Waals surface area contributed by atoms with Crippen LogP contribution in [-0.4, -0.2) is 36.9 Å². The minimum absolute atomic E-state index is 0.0986. The predicted molar refractivity (Wildman–Crippen MR) is 75.1 cm³/mol. The van der Waals surface area contributed by atoms with E-state index in [1.54, 1.807) is 0 Å². The summed E-state index contributed by atoms with van der Waals surface area (Å²) in [5.41, 5.74) is -0.421. The van der Waals surface area contributed by atoms with Crippen molar-refractivity contribution >= 4 is 16.0 Å². The Labute approximate surface area is 127 Å². The van der Waals surface area contributed by atoms with E-state index in [0.29, 0.717) is 6.92 Å². The first-order valence-electron chi connectivity index (χ1n) is 6.81. The zero-order chi connectivity index (χ0) is 16.5. The lowest BCUT2D eigenvalue weighted by Crippen LogP contribution is -2.37. The fraction of sp³-hybridized carbons (Fsp3) is 0.500. The van der Waals surface area contributed by atoms with Gasteiger partial charge in [0.15, 0.2) is 0 Å². The van der Waals surface area contributed by atoms with E-state index in [4.69, 9.17) is 5.11 Å². The van der Waals surface area contributed by atoms with Crippen molar-refractivity contribution in [2.45, 2.75) is 30.6 Å². The molecule has 0 heterocycles. The van der Waals surface area contributed by atoms with Gasteiger partial charge in [-0.3, -0.25) is 4.79 Å². The highest BCUT2D eigenvalue weighted by molar-refractivity contribution is 7.89. The Balaban J connectivity index is 2.35. The molecule has 0 aliphatic heterocycles. The van der Waals surface area contributed by atoms with E-state index in [0.717, 1.165) is 29.3 Å². The van der Waals surface area contributed by atoms with Gasteiger partial charge >= 0.3 is 5.97 Å². The molecule has 1 aromatic rings. The molecule has 2 rings (SSSR count). The first-order valence-corrected chi connectivity index (χ1v) is 8.25. The van der Waals surface area contributed by atoms with Gasteiger partial charge in [-0.25, -0.2) is 17.2 Å². The number of sulfonamides is 1. The van der Waals surface area contributed by atoms with Crippen LogP contribution >= 0.6 is 0 Å². The SMILES string of the molecule is CC(F)(F)c1cccc(S(=O)(=O)N(CC(=O)O)CC2CC2)c1. The fourth-order valence-electron chi connectivity index (χ4n) is 2.07. The molecule has 0 aromatic heterocycles. The summed E-state index contributed by atoms with van der Waals surface area (Å²) in [6.07, 6.45) is 1.69. The highest BCUT2D eigenvalue weighted by Crippen LogP contribution is 2.33. The minimum Gasteiger partial charge on any atom is -0.480 e. The number of carboxylic acid groups (broad SMARTS) is 1. The van der Waals surface area contributed by atoms with E-state index in [9.17, 15) is 22.0 Å². The van der Waals surface area contributed by atoms with E-state index in [-0.39, 0.29) is 17.4 Å². The molecule has 0 saturated heterocycles. The molecule has 122 valence electrons. The van der Waals surface area contributed by atoms with Crippen molar-refractivity contribution in [3.63, 3.8) is 0 Å². The fourth-order valence-corrected chi connectivity index (χ4v) is 3.58. The van der Waals surface area contributed by atoms with Crippen molar-refractivity contribution in [1.82, 2.24) is 4.31 Å². The molecule has 1 aliphatic carbocycles. The third-order valence-electron chi connectivity index (χ3n) is 3.45. The van der Waals surface area contributed by atoms with Crippen LogP contribution in [0.4, 0.5) is 8.78 Å². The number of aliphatic carboxylic acids is 1. The second-order valence-corrected chi connectivity index (χ2v) is 7.49. The molecule has 0 amide bonds. The normalized spacial score (nSPS) is 16.0. The molecular formula is C14H17F2NO4S. The summed E-state index contributed by atoms with van der Waals surface area (Å²) in [6, 6.07) is 4.47. The molecule has 1 aliphatic rings. The van der Waals surface area contributed by atoms with Gasteiger partial charge in [0, 0.05) is 19.0 Å². The van der Waals surface area contributed by atoms with Crippen molar-refractivity contribution in [2.24, 2.45) is 5.92 Å². The van der Waals surface area contributed by atoms with Gasteiger partial charge in [0.1, 0.15) is 6.54 Å². The number of hydrogen-bond donors (Lipinski definition) is 1. The maximum absolute atomic E-state index is 13.4. The van der Waals surface area contributed by atoms with Crippen LogP contribution in [0.3, 0.4) is 0 Å². The average molecular weight is 333 g/mol. The number of alkyl halides is 2. The van der Waals surface area contributed by atoms with E-state index >= 15 is 0 Å². The molecule has 1 fully saturated rings. The van der Waals surface area contributed by atoms with E-state index in [1.807, 2.05) is 0 Å². The van der Waals surface area contributed by atoms with E-state index in [1.165, 1.54) is 12.1 Å². The molecule has 0 radical (unpaired) electrons. The molecule has 0 bridgehead atoms. The third kappa shape index (κ3) is 4.01. The van der Waals surface area contributed by atoms with Crippen LogP contribution in [0.1, 0.15) is 25.3 Å². The second-order valence-electron chi connectivity index (χ2n) is 5.55. The Morgan fingerprint density at radius 3 is 2.55 bits per heavy atom. The van der Waals surface area contributed by atoms with Gasteiger partial charge in [-0.15, -0.1) is 0 Å². The van der Waals surface area contributed by atoms with Crippen LogP contribution in [-0.2, 0) is 20.7 Å². The van der Waals surface area contributed by atoms with Crippen LogP contribution in [0.2, 0.25) is 0 Å². The van der Waals surface area contributed by atoms with Crippen molar-refractivity contribution in [3.8, 4) is 0 Å². The highest BCUT2D eigenvalue weighted by atomic mass is 32.2. The summed E-state index contributed by atoms with van der Waals surface area (Å²) in [5, 5.41) is 8.89. The number of carbonyl (C=O) groups is 1. The molecular weight excluding hydrogens is 316 g/mol. The maximum atomic E-state index is 13.4. The lowest BCUT2D eigenvalue weighted by molar-refractivity contribution is -0.137. The van der Waals surface area contributed by atoms with Gasteiger partial charge in [-0.1, -0.05) is 12.1 Å². The van der Waals surface area contributed by atoms with E-state index in [2.05, 4.69) is 0 Å². The Morgan fingerprint density at radius 1 is 1.41 bits per heavy atom. The zero-order valence-electron chi connectivity index (χ0n) is 12.0. The van der Waals surface area contributed by atoms with Gasteiger partial charge in [-0.2, -0.15) is 4.31 Å². The summed E-state index contributed by atoms with van der Waals surface area (Å²) in [7, 11) is -4.11. The Kier molecular flexibility index (Phi) is 4.53. The van der Waals surface area contributed by atoms with Crippen molar-refractivity contribution < 1.29 is 27.1 Å². The number of benzene rings is 1. The maximum Gasteiger partial charge on any atom is 0.318 e. The molecule has 0 spiro atoms. The molecule has 0 unspecified atom stereocenters. The largest absolute Gasteiger partial charge is 0.480 e. The topological polar surface area (TPSA) is 74.7 Å². The lowest BCUT2D eigenvalue weighted by atomic mass is 10.1. The Morgan fingerprint density at radius 2 is 2.05 bits per heavy atom. The number of carboxylic acids is 1. The van der Waals surface area contributed by atoms with Gasteiger partial charge in [0.2, 0.25) is 10.0 Å². The predicted octanol–water partition coefficient (Wildman–Crippen LogP) is 2.28. The summed E-state index contributed by atoms with van der Waals surface area (Å²) in [5.74, 6) is -4.30. The quantitative estimate of drug-likeness (QED) is 0.831. The van der Waals surface area contributed by atoms with Gasteiger partial charge in [0.25, 0.3) is 5.92 Å². The highest BCUT2D eigenvalue weighted by Gasteiger charge is 2.34. The minimum atomic E-state index is -4.11. The number of halogens is 2. The lowest BCUT2D eigenvalue weighted by Gasteiger charge is -2.21. The first-order chi connectivity index (χ1) is 10.1. The molecule has 5 nitrogen and oxygen atoms in total. The molecule has 1 saturated carbocycles. The summed E-state index contributed by atoms with van der Waals surface area (Å²) in [4.78, 5) is 10.6. The molecule has 1 aromatic carbocycles. The molecule has 0 atom stereocenters. The molecule has 22 heavy (non-hydrogen) atoms. The van der Waals surface area contributed by atoms with Crippen molar-refractivity contribution in [2.75, 3.05) is 13.1 Å². The van der Waals surface area contributed by atoms with Gasteiger partial charge < -0.3 is 5.11 Å². The third-order valence-corrected chi connectivity index (χ3v) is 5.26. The average Bonchev–Trinajstić information content (AvgIpc) is 3.20. The number of rotatable bonds is 7. The zero-order valence-corrected chi connectivity index (χ0v) is 12.8. The summed E-state index contributed by atoms with van der Waals surface area (Å²) < 4.78 is 52.6.